The molecule has 0 atom stereocenters. The highest BCUT2D eigenvalue weighted by molar-refractivity contribution is 5.95. The molecule has 149 heavy (non-hydrogen) atoms. The van der Waals surface area contributed by atoms with Gasteiger partial charge in [0, 0.05) is 215 Å². The fourth-order valence-electron chi connectivity index (χ4n) is 34.5. The van der Waals surface area contributed by atoms with Crippen molar-refractivity contribution in [3.05, 3.63) is 35.7 Å². The van der Waals surface area contributed by atoms with Crippen molar-refractivity contribution in [3.8, 4) is 0 Å². The second-order valence-corrected chi connectivity index (χ2v) is 65.3. The predicted octanol–water partition coefficient (Wildman–Crippen LogP) is 20.0. The van der Waals surface area contributed by atoms with Gasteiger partial charge in [-0.3, -0.25) is 0 Å². The minimum absolute atomic E-state index is 0.0866. The summed E-state index contributed by atoms with van der Waals surface area (Å²) in [5, 5.41) is 67.9. The summed E-state index contributed by atoms with van der Waals surface area (Å²) in [6.45, 7) is 109. The quantitative estimate of drug-likeness (QED) is 0.0288. The number of hydrogen-bond donors (Lipinski definition) is 14. The lowest BCUT2D eigenvalue weighted by Crippen LogP contribution is -2.68. The molecule has 14 heterocycles. The van der Waals surface area contributed by atoms with Gasteiger partial charge in [0.25, 0.3) is 0 Å². The summed E-state index contributed by atoms with van der Waals surface area (Å²) in [7, 11) is 0. The average Bonchev–Trinajstić information content (AvgIpc) is 0.749. The average molecular weight is 2080 g/mol. The maximum Gasteiger partial charge on any atom is 0.157 e. The first kappa shape index (κ1) is 120. The zero-order valence-electron chi connectivity index (χ0n) is 104. The number of hydrazone groups is 3. The van der Waals surface area contributed by atoms with Crippen molar-refractivity contribution in [1.29, 1.82) is 0 Å². The molecular formula is C120H228N26O3. The molecule has 0 aliphatic carbocycles. The van der Waals surface area contributed by atoms with Crippen LogP contribution in [0.2, 0.25) is 0 Å². The van der Waals surface area contributed by atoms with Gasteiger partial charge in [-0.05, 0) is 472 Å². The molecule has 0 radical (unpaired) electrons. The Morgan fingerprint density at radius 3 is 0.530 bits per heavy atom. The van der Waals surface area contributed by atoms with Crippen LogP contribution >= 0.6 is 0 Å². The fourth-order valence-corrected chi connectivity index (χ4v) is 34.5. The minimum atomic E-state index is -0.162. The van der Waals surface area contributed by atoms with Gasteiger partial charge >= 0.3 is 0 Å². The van der Waals surface area contributed by atoms with Gasteiger partial charge in [0.15, 0.2) is 17.5 Å². The summed E-state index contributed by atoms with van der Waals surface area (Å²) in [6.07, 6.45) is 36.3. The van der Waals surface area contributed by atoms with Crippen LogP contribution in [0.1, 0.15) is 497 Å². The van der Waals surface area contributed by atoms with E-state index in [2.05, 4.69) is 427 Å². The van der Waals surface area contributed by atoms with E-state index in [1.54, 1.807) is 0 Å². The largest absolute Gasteiger partial charge is 0.355 e. The second kappa shape index (κ2) is 42.2. The molecular weight excluding hydrogens is 1850 g/mol. The molecule has 0 saturated carbocycles. The molecule has 29 nitrogen and oxygen atoms in total. The van der Waals surface area contributed by atoms with Gasteiger partial charge in [-0.1, -0.05) is 41.5 Å². The summed E-state index contributed by atoms with van der Waals surface area (Å²) in [5.74, 6) is 6.20. The van der Waals surface area contributed by atoms with E-state index in [-0.39, 0.29) is 189 Å². The molecule has 14 aliphatic rings. The zero-order chi connectivity index (χ0) is 110. The van der Waals surface area contributed by atoms with E-state index in [4.69, 9.17) is 29.8 Å². The summed E-state index contributed by atoms with van der Waals surface area (Å²) in [5.41, 5.74) is 9.39. The number of unbranched alkanes of at least 4 members (excludes halogenated alkanes) is 6. The smallest absolute Gasteiger partial charge is 0.157 e. The number of rotatable bonds is 31. The van der Waals surface area contributed by atoms with Crippen LogP contribution in [0.5, 0.6) is 0 Å². The summed E-state index contributed by atoms with van der Waals surface area (Å²) in [4.78, 5) is 39.3. The second-order valence-electron chi connectivity index (χ2n) is 65.3. The minimum Gasteiger partial charge on any atom is -0.355 e. The molecule has 0 aromatic rings. The molecule has 856 valence electrons. The van der Waals surface area contributed by atoms with E-state index in [1.807, 2.05) is 15.8 Å². The molecule has 0 aromatic heterocycles. The maximum absolute atomic E-state index is 7.55. The highest BCUT2D eigenvalue weighted by atomic mass is 16.8. The SMILES string of the molecule is CC1(C)CC(ON2N=C(N(CCCCCCN(C3=NN(OC4CC(C)(C)NC(C)(C)C4)NC(N(C4CC(C)(C)NC(C)(C)C4)C4CC(C)(C)NC(C)(C)C4)=C3)C3CC(C)(C)NC(C)(C)C3)CCCCCCN(C3=NN(OC4CC(C)(C)NC(C)(C)C4)NC(N(C4CC(C)(C)NC(C)(C)C4)C4CC(C)(C)NC(C)(C)C4)=C3)C3CC(C)(C)NC(C)(C)C3)C=C(N(C3CC(C)(C)NC(C)(C)C3)C3CC(C)(C)NC(C)(C)C3)N2)CC(C)(C)N1. The molecule has 0 unspecified atom stereocenters. The van der Waals surface area contributed by atoms with Gasteiger partial charge in [0.05, 0.1) is 18.3 Å². The van der Waals surface area contributed by atoms with E-state index >= 15 is 0 Å². The standard InChI is InChI=1S/C120H228N26O3/c1-99(2)60-82(61-100(3,4)127-99)139(94-58-97(125-145(122-94)148-91-78-117(37,38)136-118(39,40)79-91)142(86-68-107(17,18)131-108(19,20)69-86)87-70-109(21,22)132-110(23,24)71-87)55-51-47-45-49-53-138(93-57-96(124-144(121-93)147-90-76-115(33,34)135-116(35,36)77-90)141(84-64-103(9,10)129-104(11,12)65-84)85-66-105(13,14)130-106(15,16)67-85)54-50-46-48-52-56-140(83-62-101(5,6)128-102(7,8)63-83)95-59-98(126-146(123-95)149-92-80-119(41,42)137-120(43,44)81-92)143(88-72-111(25,26)133-112(27,28)73-88)89-74-113(29,30)134-114(31,32)75-89/h57-59,82-92,124-137H,45-56,60-81H2,1-44H3. The molecule has 14 rings (SSSR count). The molecule has 11 fully saturated rings. The number of piperidine rings is 11. The number of hydrogen-bond acceptors (Lipinski definition) is 29. The van der Waals surface area contributed by atoms with Gasteiger partial charge in [-0.25, -0.2) is 30.8 Å². The Labute approximate surface area is 909 Å². The number of hydrazine groups is 3. The first-order chi connectivity index (χ1) is 67.6. The van der Waals surface area contributed by atoms with Crippen LogP contribution in [0.25, 0.3) is 0 Å². The van der Waals surface area contributed by atoms with Crippen LogP contribution in [0.15, 0.2) is 51.0 Å². The van der Waals surface area contributed by atoms with Gasteiger partial charge in [-0.15, -0.1) is 15.3 Å². The maximum atomic E-state index is 7.55. The number of nitrogens with one attached hydrogen (secondary N) is 14. The van der Waals surface area contributed by atoms with Crippen molar-refractivity contribution < 1.29 is 14.5 Å². The molecule has 14 aliphatic heterocycles. The molecule has 0 bridgehead atoms. The Balaban J connectivity index is 0.826. The highest BCUT2D eigenvalue weighted by Crippen LogP contribution is 2.49. The number of amidine groups is 3. The van der Waals surface area contributed by atoms with Gasteiger partial charge in [0.1, 0.15) is 17.5 Å². The fraction of sp³-hybridized carbons (Fsp3) is 0.925. The van der Waals surface area contributed by atoms with Crippen molar-refractivity contribution in [3.63, 3.8) is 0 Å². The van der Waals surface area contributed by atoms with E-state index in [1.165, 1.54) is 0 Å². The molecule has 0 aromatic carbocycles. The monoisotopic (exact) mass is 2080 g/mol. The third kappa shape index (κ3) is 33.2. The van der Waals surface area contributed by atoms with E-state index in [0.717, 1.165) is 254 Å². The highest BCUT2D eigenvalue weighted by Gasteiger charge is 2.56. The molecule has 0 spiro atoms. The van der Waals surface area contributed by atoms with E-state index in [9.17, 15) is 0 Å². The zero-order valence-corrected chi connectivity index (χ0v) is 104. The third-order valence-electron chi connectivity index (χ3n) is 34.7. The predicted molar refractivity (Wildman–Crippen MR) is 620 cm³/mol. The first-order valence-corrected chi connectivity index (χ1v) is 59.6. The van der Waals surface area contributed by atoms with Gasteiger partial charge in [0.2, 0.25) is 0 Å². The summed E-state index contributed by atoms with van der Waals surface area (Å²) in [6, 6.07) is 1.70. The van der Waals surface area contributed by atoms with Crippen LogP contribution in [0.4, 0.5) is 0 Å². The van der Waals surface area contributed by atoms with Crippen LogP contribution in [-0.4, -0.2) is 277 Å². The van der Waals surface area contributed by atoms with Crippen LogP contribution in [-0.2, 0) is 14.5 Å². The van der Waals surface area contributed by atoms with Gasteiger partial charge < -0.3 is 87.9 Å². The Morgan fingerprint density at radius 2 is 0.349 bits per heavy atom. The van der Waals surface area contributed by atoms with Crippen molar-refractivity contribution >= 4 is 17.5 Å². The Bertz CT molecular complexity index is 4260. The molecule has 29 heteroatoms. The number of nitrogens with zero attached hydrogens (tertiary/aromatic N) is 12. The Morgan fingerprint density at radius 1 is 0.201 bits per heavy atom. The van der Waals surface area contributed by atoms with Crippen molar-refractivity contribution in [2.75, 3.05) is 26.2 Å². The lowest BCUT2D eigenvalue weighted by molar-refractivity contribution is -0.246. The van der Waals surface area contributed by atoms with Crippen LogP contribution in [0, 0.1) is 0 Å². The summed E-state index contributed by atoms with van der Waals surface area (Å²) >= 11 is 0. The normalized spacial score (nSPS) is 29.4. The Kier molecular flexibility index (Phi) is 33.9. The Hall–Kier alpha value is -4.73. The summed E-state index contributed by atoms with van der Waals surface area (Å²) < 4.78 is 0. The topological polar surface area (TPSA) is 262 Å². The van der Waals surface area contributed by atoms with E-state index < -0.39 is 0 Å². The molecule has 0 amide bonds. The molecule has 11 saturated heterocycles. The van der Waals surface area contributed by atoms with Crippen molar-refractivity contribution in [1.82, 2.24) is 120 Å². The van der Waals surface area contributed by atoms with E-state index in [0.29, 0.717) is 0 Å². The first-order valence-electron chi connectivity index (χ1n) is 59.6. The van der Waals surface area contributed by atoms with Crippen LogP contribution < -0.4 is 74.8 Å². The molecule has 14 N–H and O–H groups in total. The van der Waals surface area contributed by atoms with Gasteiger partial charge in [-0.2, -0.15) is 0 Å². The van der Waals surface area contributed by atoms with Crippen molar-refractivity contribution in [2.45, 2.75) is 686 Å². The lowest BCUT2D eigenvalue weighted by Gasteiger charge is -2.57. The third-order valence-corrected chi connectivity index (χ3v) is 34.7. The van der Waals surface area contributed by atoms with Crippen molar-refractivity contribution in [2.24, 2.45) is 15.3 Å². The van der Waals surface area contributed by atoms with Crippen LogP contribution in [0.3, 0.4) is 0 Å². The lowest BCUT2D eigenvalue weighted by atomic mass is 9.75.